The smallest absolute Gasteiger partial charge is 0.409 e. The number of hydrogen-bond acceptors (Lipinski definition) is 4. The maximum atomic E-state index is 11.4. The molecule has 0 N–H and O–H groups in total. The highest BCUT2D eigenvalue weighted by Crippen LogP contribution is 2.13. The first-order chi connectivity index (χ1) is 7.22. The second-order valence-electron chi connectivity index (χ2n) is 4.88. The fourth-order valence-electron chi connectivity index (χ4n) is 0.806. The van der Waals surface area contributed by atoms with Crippen molar-refractivity contribution in [2.45, 2.75) is 27.7 Å². The number of likely N-dealkylation sites (N-methyl/N-ethyl adjacent to an activating group) is 1. The summed E-state index contributed by atoms with van der Waals surface area (Å²) >= 11 is 0. The molecule has 0 rings (SSSR count). The minimum absolute atomic E-state index is 0.0492. The molecule has 0 unspecified atom stereocenters. The van der Waals surface area contributed by atoms with Gasteiger partial charge in [0, 0.05) is 14.0 Å². The van der Waals surface area contributed by atoms with Gasteiger partial charge in [-0.3, -0.25) is 4.79 Å². The minimum Gasteiger partial charge on any atom is -0.464 e. The topological polar surface area (TPSA) is 55.8 Å². The lowest BCUT2D eigenvalue weighted by Gasteiger charge is -2.21. The van der Waals surface area contributed by atoms with Gasteiger partial charge in [0.2, 0.25) is 0 Å². The summed E-state index contributed by atoms with van der Waals surface area (Å²) in [6, 6.07) is 0. The predicted octanol–water partition coefficient (Wildman–Crippen LogP) is 1.66. The number of ether oxygens (including phenoxy) is 2. The summed E-state index contributed by atoms with van der Waals surface area (Å²) in [5, 5.41) is 0. The second-order valence-corrected chi connectivity index (χ2v) is 4.88. The van der Waals surface area contributed by atoms with Crippen LogP contribution in [0, 0.1) is 5.41 Å². The SMILES string of the molecule is CC(=O)OCCN(C)C(=O)OCC(C)(C)C. The highest BCUT2D eigenvalue weighted by Gasteiger charge is 2.16. The average molecular weight is 231 g/mol. The molecule has 0 fully saturated rings. The van der Waals surface area contributed by atoms with Gasteiger partial charge in [-0.2, -0.15) is 0 Å². The van der Waals surface area contributed by atoms with E-state index in [1.807, 2.05) is 20.8 Å². The zero-order chi connectivity index (χ0) is 12.8. The first-order valence-corrected chi connectivity index (χ1v) is 5.23. The molecule has 0 radical (unpaired) electrons. The van der Waals surface area contributed by atoms with Crippen LogP contribution in [0.1, 0.15) is 27.7 Å². The highest BCUT2D eigenvalue weighted by atomic mass is 16.6. The van der Waals surface area contributed by atoms with E-state index in [1.54, 1.807) is 7.05 Å². The van der Waals surface area contributed by atoms with Crippen molar-refractivity contribution in [2.24, 2.45) is 5.41 Å². The van der Waals surface area contributed by atoms with Gasteiger partial charge in [0.25, 0.3) is 0 Å². The summed E-state index contributed by atoms with van der Waals surface area (Å²) in [5.74, 6) is -0.351. The Morgan fingerprint density at radius 2 is 1.75 bits per heavy atom. The van der Waals surface area contributed by atoms with Crippen molar-refractivity contribution in [3.8, 4) is 0 Å². The van der Waals surface area contributed by atoms with Crippen LogP contribution in [0.4, 0.5) is 4.79 Å². The maximum absolute atomic E-state index is 11.4. The number of carbonyl (C=O) groups is 2. The van der Waals surface area contributed by atoms with Gasteiger partial charge in [0.1, 0.15) is 6.61 Å². The zero-order valence-electron chi connectivity index (χ0n) is 10.7. The molecule has 0 aliphatic carbocycles. The highest BCUT2D eigenvalue weighted by molar-refractivity contribution is 5.67. The fraction of sp³-hybridized carbons (Fsp3) is 0.818. The molecule has 0 spiro atoms. The van der Waals surface area contributed by atoms with Crippen LogP contribution in [0.2, 0.25) is 0 Å². The number of rotatable bonds is 4. The van der Waals surface area contributed by atoms with E-state index in [1.165, 1.54) is 11.8 Å². The lowest BCUT2D eigenvalue weighted by atomic mass is 9.99. The summed E-state index contributed by atoms with van der Waals surface area (Å²) < 4.78 is 9.79. The van der Waals surface area contributed by atoms with Crippen LogP contribution in [0.15, 0.2) is 0 Å². The molecule has 1 amide bonds. The summed E-state index contributed by atoms with van der Waals surface area (Å²) in [4.78, 5) is 23.3. The van der Waals surface area contributed by atoms with E-state index in [0.717, 1.165) is 0 Å². The van der Waals surface area contributed by atoms with E-state index in [0.29, 0.717) is 13.2 Å². The maximum Gasteiger partial charge on any atom is 0.409 e. The van der Waals surface area contributed by atoms with Crippen LogP contribution in [0.3, 0.4) is 0 Å². The van der Waals surface area contributed by atoms with Gasteiger partial charge in [-0.25, -0.2) is 4.79 Å². The molecular weight excluding hydrogens is 210 g/mol. The molecule has 0 bridgehead atoms. The Hall–Kier alpha value is -1.26. The van der Waals surface area contributed by atoms with E-state index in [4.69, 9.17) is 9.47 Å². The first-order valence-electron chi connectivity index (χ1n) is 5.23. The number of hydrogen-bond donors (Lipinski definition) is 0. The van der Waals surface area contributed by atoms with Gasteiger partial charge in [0.05, 0.1) is 13.2 Å². The Morgan fingerprint density at radius 3 is 2.19 bits per heavy atom. The molecule has 0 aromatic rings. The van der Waals surface area contributed by atoms with Crippen LogP contribution in [0.5, 0.6) is 0 Å². The van der Waals surface area contributed by atoms with E-state index in [-0.39, 0.29) is 18.0 Å². The van der Waals surface area contributed by atoms with Crippen LogP contribution < -0.4 is 0 Å². The van der Waals surface area contributed by atoms with Gasteiger partial charge in [-0.05, 0) is 5.41 Å². The average Bonchev–Trinajstić information content (AvgIpc) is 2.12. The summed E-state index contributed by atoms with van der Waals surface area (Å²) in [6.45, 7) is 8.18. The van der Waals surface area contributed by atoms with Crippen molar-refractivity contribution < 1.29 is 19.1 Å². The number of esters is 1. The van der Waals surface area contributed by atoms with E-state index >= 15 is 0 Å². The summed E-state index contributed by atoms with van der Waals surface area (Å²) in [7, 11) is 1.61. The molecule has 0 saturated carbocycles. The van der Waals surface area contributed by atoms with Crippen molar-refractivity contribution in [2.75, 3.05) is 26.8 Å². The molecule has 16 heavy (non-hydrogen) atoms. The molecule has 0 aliphatic heterocycles. The van der Waals surface area contributed by atoms with Crippen molar-refractivity contribution in [1.82, 2.24) is 4.90 Å². The Kier molecular flexibility index (Phi) is 5.85. The Labute approximate surface area is 96.7 Å². The third-order valence-corrected chi connectivity index (χ3v) is 1.67. The monoisotopic (exact) mass is 231 g/mol. The standard InChI is InChI=1S/C11H21NO4/c1-9(13)15-7-6-12(5)10(14)16-8-11(2,3)4/h6-8H2,1-5H3. The third kappa shape index (κ3) is 8.08. The molecular formula is C11H21NO4. The van der Waals surface area contributed by atoms with E-state index in [9.17, 15) is 9.59 Å². The molecule has 0 atom stereocenters. The van der Waals surface area contributed by atoms with Crippen LogP contribution in [-0.4, -0.2) is 43.8 Å². The minimum atomic E-state index is -0.401. The Morgan fingerprint density at radius 1 is 1.19 bits per heavy atom. The van der Waals surface area contributed by atoms with Gasteiger partial charge in [-0.1, -0.05) is 20.8 Å². The molecule has 0 aromatic carbocycles. The molecule has 0 aromatic heterocycles. The molecule has 94 valence electrons. The Balaban J connectivity index is 3.78. The van der Waals surface area contributed by atoms with Crippen LogP contribution in [0.25, 0.3) is 0 Å². The molecule has 5 heteroatoms. The van der Waals surface area contributed by atoms with E-state index in [2.05, 4.69) is 0 Å². The van der Waals surface area contributed by atoms with Crippen LogP contribution >= 0.6 is 0 Å². The normalized spacial score (nSPS) is 10.8. The van der Waals surface area contributed by atoms with Gasteiger partial charge in [0.15, 0.2) is 0 Å². The summed E-state index contributed by atoms with van der Waals surface area (Å²) in [6.07, 6.45) is -0.401. The van der Waals surface area contributed by atoms with Crippen molar-refractivity contribution in [3.05, 3.63) is 0 Å². The van der Waals surface area contributed by atoms with Gasteiger partial charge in [-0.15, -0.1) is 0 Å². The zero-order valence-corrected chi connectivity index (χ0v) is 10.7. The largest absolute Gasteiger partial charge is 0.464 e. The van der Waals surface area contributed by atoms with Gasteiger partial charge < -0.3 is 14.4 Å². The third-order valence-electron chi connectivity index (χ3n) is 1.67. The summed E-state index contributed by atoms with van der Waals surface area (Å²) in [5.41, 5.74) is -0.0492. The van der Waals surface area contributed by atoms with Crippen LogP contribution in [-0.2, 0) is 14.3 Å². The fourth-order valence-corrected chi connectivity index (χ4v) is 0.806. The number of amides is 1. The number of carbonyl (C=O) groups excluding carboxylic acids is 2. The van der Waals surface area contributed by atoms with Crippen molar-refractivity contribution in [3.63, 3.8) is 0 Å². The van der Waals surface area contributed by atoms with Gasteiger partial charge >= 0.3 is 12.1 Å². The molecule has 5 nitrogen and oxygen atoms in total. The molecule has 0 saturated heterocycles. The van der Waals surface area contributed by atoms with Crippen molar-refractivity contribution >= 4 is 12.1 Å². The van der Waals surface area contributed by atoms with Crippen molar-refractivity contribution in [1.29, 1.82) is 0 Å². The second kappa shape index (κ2) is 6.35. The predicted molar refractivity (Wildman–Crippen MR) is 60.1 cm³/mol. The lowest BCUT2D eigenvalue weighted by Crippen LogP contribution is -2.33. The first kappa shape index (κ1) is 14.7. The van der Waals surface area contributed by atoms with E-state index < -0.39 is 6.09 Å². The lowest BCUT2D eigenvalue weighted by molar-refractivity contribution is -0.141. The quantitative estimate of drug-likeness (QED) is 0.690. The Bertz CT molecular complexity index is 245. The number of nitrogens with zero attached hydrogens (tertiary/aromatic N) is 1. The molecule has 0 heterocycles. The molecule has 0 aliphatic rings.